The van der Waals surface area contributed by atoms with Crippen molar-refractivity contribution >= 4 is 34.3 Å². The zero-order chi connectivity index (χ0) is 19.6. The van der Waals surface area contributed by atoms with E-state index in [9.17, 15) is 18.8 Å². The highest BCUT2D eigenvalue weighted by Gasteiger charge is 2.31. The van der Waals surface area contributed by atoms with Crippen molar-refractivity contribution in [1.29, 1.82) is 0 Å². The number of carbonyl (C=O) groups is 3. The number of esters is 1. The second-order valence-corrected chi connectivity index (χ2v) is 6.91. The van der Waals surface area contributed by atoms with Crippen LogP contribution in [0.5, 0.6) is 0 Å². The van der Waals surface area contributed by atoms with Gasteiger partial charge in [-0.25, -0.2) is 14.0 Å². The Bertz CT molecular complexity index is 894. The van der Waals surface area contributed by atoms with Crippen molar-refractivity contribution in [1.82, 2.24) is 4.90 Å². The van der Waals surface area contributed by atoms with Gasteiger partial charge in [-0.3, -0.25) is 4.79 Å². The van der Waals surface area contributed by atoms with Gasteiger partial charge in [-0.15, -0.1) is 11.3 Å². The van der Waals surface area contributed by atoms with Gasteiger partial charge in [0.15, 0.2) is 0 Å². The number of fused-ring (bicyclic) bond motifs is 1. The number of anilines is 1. The molecule has 0 radical (unpaired) electrons. The fraction of sp³-hybridized carbons (Fsp3) is 0.278. The fourth-order valence-electron chi connectivity index (χ4n) is 2.87. The van der Waals surface area contributed by atoms with Crippen molar-refractivity contribution in [3.05, 3.63) is 51.7 Å². The molecule has 7 nitrogen and oxygen atoms in total. The molecule has 0 fully saturated rings. The van der Waals surface area contributed by atoms with Crippen LogP contribution in [0.4, 0.5) is 14.2 Å². The van der Waals surface area contributed by atoms with Crippen molar-refractivity contribution in [2.24, 2.45) is 0 Å². The molecule has 1 aliphatic rings. The lowest BCUT2D eigenvalue weighted by Crippen LogP contribution is -2.35. The number of ether oxygens (including phenoxy) is 2. The second kappa shape index (κ2) is 7.75. The van der Waals surface area contributed by atoms with Crippen molar-refractivity contribution in [3.63, 3.8) is 0 Å². The smallest absolute Gasteiger partial charge is 0.409 e. The summed E-state index contributed by atoms with van der Waals surface area (Å²) in [5.41, 5.74) is 1.30. The summed E-state index contributed by atoms with van der Waals surface area (Å²) in [6, 6.07) is 5.08. The third-order valence-corrected chi connectivity index (χ3v) is 5.34. The number of nitrogens with one attached hydrogen (secondary N) is 1. The normalized spacial score (nSPS) is 12.9. The van der Waals surface area contributed by atoms with Gasteiger partial charge in [-0.05, 0) is 36.2 Å². The van der Waals surface area contributed by atoms with Crippen LogP contribution in [0, 0.1) is 5.82 Å². The minimum Gasteiger partial charge on any atom is -0.465 e. The van der Waals surface area contributed by atoms with Crippen LogP contribution in [0.25, 0.3) is 0 Å². The van der Waals surface area contributed by atoms with E-state index < -0.39 is 23.8 Å². The van der Waals surface area contributed by atoms with E-state index in [-0.39, 0.29) is 17.7 Å². The van der Waals surface area contributed by atoms with Crippen LogP contribution < -0.4 is 5.32 Å². The monoisotopic (exact) mass is 392 g/mol. The number of thiophene rings is 1. The molecule has 0 saturated heterocycles. The number of methoxy groups -OCH3 is 2. The molecule has 0 unspecified atom stereocenters. The number of hydrogen-bond donors (Lipinski definition) is 1. The summed E-state index contributed by atoms with van der Waals surface area (Å²) >= 11 is 1.21. The number of carbonyl (C=O) groups excluding carboxylic acids is 3. The Morgan fingerprint density at radius 1 is 1.15 bits per heavy atom. The van der Waals surface area contributed by atoms with Gasteiger partial charge in [0.1, 0.15) is 10.8 Å². The highest BCUT2D eigenvalue weighted by atomic mass is 32.1. The number of benzene rings is 1. The molecule has 27 heavy (non-hydrogen) atoms. The molecule has 3 rings (SSSR count). The third kappa shape index (κ3) is 3.77. The topological polar surface area (TPSA) is 84.9 Å². The van der Waals surface area contributed by atoms with E-state index >= 15 is 0 Å². The van der Waals surface area contributed by atoms with E-state index in [2.05, 4.69) is 5.32 Å². The lowest BCUT2D eigenvalue weighted by molar-refractivity contribution is 0.0600. The van der Waals surface area contributed by atoms with Gasteiger partial charge in [-0.2, -0.15) is 0 Å². The van der Waals surface area contributed by atoms with Crippen LogP contribution in [0.15, 0.2) is 24.3 Å². The summed E-state index contributed by atoms with van der Waals surface area (Å²) in [6.45, 7) is 0.675. The van der Waals surface area contributed by atoms with Crippen LogP contribution in [0.1, 0.15) is 31.2 Å². The number of hydrogen-bond acceptors (Lipinski definition) is 6. The number of rotatable bonds is 3. The van der Waals surface area contributed by atoms with Gasteiger partial charge in [-0.1, -0.05) is 0 Å². The number of amides is 2. The molecular formula is C18H17FN2O5S. The average Bonchev–Trinajstić information content (AvgIpc) is 3.04. The molecule has 0 aliphatic carbocycles. The molecule has 0 spiro atoms. The first-order valence-electron chi connectivity index (χ1n) is 8.07. The predicted octanol–water partition coefficient (Wildman–Crippen LogP) is 3.05. The van der Waals surface area contributed by atoms with E-state index in [1.807, 2.05) is 0 Å². The van der Waals surface area contributed by atoms with E-state index in [0.717, 1.165) is 10.4 Å². The summed E-state index contributed by atoms with van der Waals surface area (Å²) in [4.78, 5) is 38.8. The third-order valence-electron chi connectivity index (χ3n) is 4.21. The summed E-state index contributed by atoms with van der Waals surface area (Å²) in [5, 5.41) is 3.04. The van der Waals surface area contributed by atoms with Gasteiger partial charge in [0.25, 0.3) is 5.91 Å². The largest absolute Gasteiger partial charge is 0.465 e. The molecule has 0 atom stereocenters. The van der Waals surface area contributed by atoms with Gasteiger partial charge in [0, 0.05) is 17.0 Å². The Labute approximate surface area is 158 Å². The second-order valence-electron chi connectivity index (χ2n) is 5.80. The van der Waals surface area contributed by atoms with E-state index in [1.165, 1.54) is 54.7 Å². The van der Waals surface area contributed by atoms with Gasteiger partial charge in [0.05, 0.1) is 26.3 Å². The molecular weight excluding hydrogens is 375 g/mol. The first kappa shape index (κ1) is 18.8. The average molecular weight is 392 g/mol. The van der Waals surface area contributed by atoms with Crippen molar-refractivity contribution in [2.45, 2.75) is 13.0 Å². The predicted molar refractivity (Wildman–Crippen MR) is 96.5 cm³/mol. The molecule has 1 aromatic carbocycles. The molecule has 0 bridgehead atoms. The van der Waals surface area contributed by atoms with E-state index in [1.54, 1.807) is 0 Å². The Hall–Kier alpha value is -2.94. The lowest BCUT2D eigenvalue weighted by atomic mass is 10.0. The van der Waals surface area contributed by atoms with E-state index in [0.29, 0.717) is 18.0 Å². The zero-order valence-electron chi connectivity index (χ0n) is 14.7. The Morgan fingerprint density at radius 3 is 2.48 bits per heavy atom. The Morgan fingerprint density at radius 2 is 1.85 bits per heavy atom. The minimum absolute atomic E-state index is 0.259. The molecule has 1 aromatic heterocycles. The summed E-state index contributed by atoms with van der Waals surface area (Å²) in [6.07, 6.45) is -0.0109. The van der Waals surface area contributed by atoms with Crippen molar-refractivity contribution < 1.29 is 28.2 Å². The van der Waals surface area contributed by atoms with Crippen LogP contribution >= 0.6 is 11.3 Å². The van der Waals surface area contributed by atoms with Crippen LogP contribution in [-0.2, 0) is 22.4 Å². The highest BCUT2D eigenvalue weighted by molar-refractivity contribution is 7.17. The molecule has 1 aliphatic heterocycles. The zero-order valence-corrected chi connectivity index (χ0v) is 15.5. The number of halogens is 1. The maximum absolute atomic E-state index is 13.0. The SMILES string of the molecule is COC(=O)c1c(NC(=O)c2ccc(F)cc2)sc2c1CCN(C(=O)OC)C2. The van der Waals surface area contributed by atoms with Crippen LogP contribution in [0.2, 0.25) is 0 Å². The number of nitrogens with zero attached hydrogens (tertiary/aromatic N) is 1. The summed E-state index contributed by atoms with van der Waals surface area (Å²) in [7, 11) is 2.57. The van der Waals surface area contributed by atoms with Crippen molar-refractivity contribution in [2.75, 3.05) is 26.1 Å². The molecule has 2 amide bonds. The molecule has 9 heteroatoms. The van der Waals surface area contributed by atoms with E-state index in [4.69, 9.17) is 9.47 Å². The Balaban J connectivity index is 1.92. The first-order valence-corrected chi connectivity index (χ1v) is 8.89. The molecule has 0 saturated carbocycles. The van der Waals surface area contributed by atoms with Crippen molar-refractivity contribution in [3.8, 4) is 0 Å². The molecule has 1 N–H and O–H groups in total. The molecule has 2 aromatic rings. The maximum atomic E-state index is 13.0. The highest BCUT2D eigenvalue weighted by Crippen LogP contribution is 2.38. The quantitative estimate of drug-likeness (QED) is 0.812. The first-order chi connectivity index (χ1) is 12.9. The van der Waals surface area contributed by atoms with Gasteiger partial charge in [0.2, 0.25) is 0 Å². The van der Waals surface area contributed by atoms with Gasteiger partial charge >= 0.3 is 12.1 Å². The van der Waals surface area contributed by atoms with Crippen LogP contribution in [-0.4, -0.2) is 43.6 Å². The standard InChI is InChI=1S/C18H17FN2O5S/c1-25-17(23)14-12-7-8-21(18(24)26-2)9-13(12)27-16(14)20-15(22)10-3-5-11(19)6-4-10/h3-6H,7-9H2,1-2H3,(H,20,22). The maximum Gasteiger partial charge on any atom is 0.409 e. The minimum atomic E-state index is -0.562. The molecule has 142 valence electrons. The molecule has 2 heterocycles. The van der Waals surface area contributed by atoms with Crippen LogP contribution in [0.3, 0.4) is 0 Å². The van der Waals surface area contributed by atoms with Gasteiger partial charge < -0.3 is 19.7 Å². The fourth-order valence-corrected chi connectivity index (χ4v) is 4.12. The summed E-state index contributed by atoms with van der Waals surface area (Å²) in [5.74, 6) is -1.48. The lowest BCUT2D eigenvalue weighted by Gasteiger charge is -2.25. The summed E-state index contributed by atoms with van der Waals surface area (Å²) < 4.78 is 22.6. The Kier molecular flexibility index (Phi) is 5.41.